The van der Waals surface area contributed by atoms with Gasteiger partial charge in [-0.2, -0.15) is 5.10 Å². The second-order valence-electron chi connectivity index (χ2n) is 8.77. The number of anilines is 3. The van der Waals surface area contributed by atoms with E-state index in [0.717, 1.165) is 11.1 Å². The van der Waals surface area contributed by atoms with E-state index < -0.39 is 6.03 Å². The van der Waals surface area contributed by atoms with Gasteiger partial charge in [-0.25, -0.2) is 19.3 Å². The predicted molar refractivity (Wildman–Crippen MR) is 132 cm³/mol. The van der Waals surface area contributed by atoms with Crippen LogP contribution in [0.25, 0.3) is 16.6 Å². The van der Waals surface area contributed by atoms with Gasteiger partial charge in [0.05, 0.1) is 5.56 Å². The predicted octanol–water partition coefficient (Wildman–Crippen LogP) is 3.67. The maximum atomic E-state index is 12.5. The highest BCUT2D eigenvalue weighted by molar-refractivity contribution is 6.07. The van der Waals surface area contributed by atoms with Crippen molar-refractivity contribution < 1.29 is 9.59 Å². The van der Waals surface area contributed by atoms with Crippen LogP contribution in [0.4, 0.5) is 22.1 Å². The minimum absolute atomic E-state index is 0.0586. The van der Waals surface area contributed by atoms with Gasteiger partial charge in [-0.1, -0.05) is 32.9 Å². The number of hydrogen-bond acceptors (Lipinski definition) is 6. The fraction of sp³-hybridized carbons (Fsp3) is 0.208. The van der Waals surface area contributed by atoms with Crippen molar-refractivity contribution in [2.24, 2.45) is 0 Å². The molecule has 174 valence electrons. The molecule has 0 saturated carbocycles. The van der Waals surface area contributed by atoms with Crippen LogP contribution in [0.3, 0.4) is 0 Å². The molecule has 10 heteroatoms. The number of hydrogen-bond donors (Lipinski definition) is 4. The lowest BCUT2D eigenvalue weighted by atomic mass is 9.88. The minimum Gasteiger partial charge on any atom is -0.382 e. The van der Waals surface area contributed by atoms with Crippen molar-refractivity contribution in [2.45, 2.75) is 26.2 Å². The molecule has 0 aliphatic heterocycles. The number of nitrogens with one attached hydrogen (secondary N) is 3. The number of fused-ring (bicyclic) bond motifs is 1. The molecule has 3 amide bonds. The highest BCUT2D eigenvalue weighted by atomic mass is 16.2. The van der Waals surface area contributed by atoms with Crippen LogP contribution < -0.4 is 21.7 Å². The minimum atomic E-state index is -0.413. The third-order valence-electron chi connectivity index (χ3n) is 5.37. The summed E-state index contributed by atoms with van der Waals surface area (Å²) in [5.41, 5.74) is 9.95. The zero-order valence-electron chi connectivity index (χ0n) is 19.4. The number of rotatable bonds is 4. The Morgan fingerprint density at radius 1 is 1.03 bits per heavy atom. The summed E-state index contributed by atoms with van der Waals surface area (Å²) in [5, 5.41) is 12.3. The summed E-state index contributed by atoms with van der Waals surface area (Å²) < 4.78 is 1.53. The molecule has 1 aromatic carbocycles. The number of pyridine rings is 1. The van der Waals surface area contributed by atoms with Crippen LogP contribution in [-0.4, -0.2) is 38.6 Å². The van der Waals surface area contributed by atoms with Crippen LogP contribution in [0, 0.1) is 0 Å². The second-order valence-corrected chi connectivity index (χ2v) is 8.77. The SMILES string of the molecule is CNC(=O)c1cn2ncnc(N)c2c1-c1ccc(NC(=O)Nc2cc(C(C)(C)C)ccn2)cc1. The lowest BCUT2D eigenvalue weighted by Gasteiger charge is -2.19. The molecule has 0 aliphatic rings. The maximum Gasteiger partial charge on any atom is 0.324 e. The van der Waals surface area contributed by atoms with Gasteiger partial charge in [0.15, 0.2) is 5.82 Å². The Labute approximate surface area is 196 Å². The van der Waals surface area contributed by atoms with Gasteiger partial charge in [0.25, 0.3) is 5.91 Å². The summed E-state index contributed by atoms with van der Waals surface area (Å²) in [4.78, 5) is 33.3. The molecule has 0 aliphatic carbocycles. The molecule has 0 spiro atoms. The third-order valence-corrected chi connectivity index (χ3v) is 5.37. The van der Waals surface area contributed by atoms with E-state index in [9.17, 15) is 9.59 Å². The Balaban J connectivity index is 1.57. The van der Waals surface area contributed by atoms with E-state index in [-0.39, 0.29) is 17.1 Å². The number of carbonyl (C=O) groups is 2. The monoisotopic (exact) mass is 458 g/mol. The zero-order chi connectivity index (χ0) is 24.5. The standard InChI is InChI=1S/C24H26N8O2/c1-24(2,3)15-9-10-27-18(11-15)31-23(34)30-16-7-5-14(6-8-16)19-17(22(33)26-4)12-32-20(19)21(25)28-13-29-32/h5-13H,1-4H3,(H,26,33)(H2,25,28,29)(H2,27,30,31,34). The first-order valence-electron chi connectivity index (χ1n) is 10.7. The largest absolute Gasteiger partial charge is 0.382 e. The van der Waals surface area contributed by atoms with E-state index in [1.54, 1.807) is 43.7 Å². The van der Waals surface area contributed by atoms with Crippen molar-refractivity contribution in [3.05, 3.63) is 66.2 Å². The molecular formula is C24H26N8O2. The van der Waals surface area contributed by atoms with Gasteiger partial charge in [0.2, 0.25) is 0 Å². The Hall–Kier alpha value is -4.47. The van der Waals surface area contributed by atoms with Gasteiger partial charge in [-0.3, -0.25) is 10.1 Å². The van der Waals surface area contributed by atoms with Crippen LogP contribution >= 0.6 is 0 Å². The first kappa shape index (κ1) is 22.7. The molecule has 5 N–H and O–H groups in total. The van der Waals surface area contributed by atoms with Gasteiger partial charge >= 0.3 is 6.03 Å². The topological polar surface area (TPSA) is 139 Å². The van der Waals surface area contributed by atoms with E-state index in [4.69, 9.17) is 5.73 Å². The molecule has 34 heavy (non-hydrogen) atoms. The van der Waals surface area contributed by atoms with Crippen LogP contribution in [0.1, 0.15) is 36.7 Å². The van der Waals surface area contributed by atoms with Crippen molar-refractivity contribution in [2.75, 3.05) is 23.4 Å². The fourth-order valence-corrected chi connectivity index (χ4v) is 3.60. The summed E-state index contributed by atoms with van der Waals surface area (Å²) >= 11 is 0. The number of nitrogen functional groups attached to an aromatic ring is 1. The summed E-state index contributed by atoms with van der Waals surface area (Å²) in [5.74, 6) is 0.450. The third kappa shape index (κ3) is 4.51. The lowest BCUT2D eigenvalue weighted by molar-refractivity contribution is 0.0963. The van der Waals surface area contributed by atoms with Gasteiger partial charge < -0.3 is 16.4 Å². The summed E-state index contributed by atoms with van der Waals surface area (Å²) in [6.45, 7) is 6.28. The lowest BCUT2D eigenvalue weighted by Crippen LogP contribution is -2.21. The van der Waals surface area contributed by atoms with Crippen molar-refractivity contribution >= 4 is 34.8 Å². The highest BCUT2D eigenvalue weighted by Gasteiger charge is 2.21. The first-order chi connectivity index (χ1) is 16.2. The number of benzene rings is 1. The second kappa shape index (κ2) is 8.81. The van der Waals surface area contributed by atoms with Crippen molar-refractivity contribution in [1.29, 1.82) is 0 Å². The molecule has 4 aromatic rings. The van der Waals surface area contributed by atoms with E-state index in [0.29, 0.717) is 28.1 Å². The molecular weight excluding hydrogens is 432 g/mol. The Kier molecular flexibility index (Phi) is 5.89. The van der Waals surface area contributed by atoms with Crippen LogP contribution in [0.15, 0.2) is 55.1 Å². The normalized spacial score (nSPS) is 11.3. The van der Waals surface area contributed by atoms with Gasteiger partial charge in [0.1, 0.15) is 17.7 Å². The summed E-state index contributed by atoms with van der Waals surface area (Å²) in [6.07, 6.45) is 4.61. The average Bonchev–Trinajstić information content (AvgIpc) is 3.19. The van der Waals surface area contributed by atoms with Crippen molar-refractivity contribution in [3.8, 4) is 11.1 Å². The van der Waals surface area contributed by atoms with Gasteiger partial charge in [-0.15, -0.1) is 0 Å². The molecule has 3 aromatic heterocycles. The van der Waals surface area contributed by atoms with Gasteiger partial charge in [-0.05, 0) is 40.8 Å². The van der Waals surface area contributed by atoms with E-state index in [1.807, 2.05) is 12.1 Å². The van der Waals surface area contributed by atoms with Crippen LogP contribution in [0.2, 0.25) is 0 Å². The number of nitrogens with two attached hydrogens (primary N) is 1. The van der Waals surface area contributed by atoms with Crippen LogP contribution in [-0.2, 0) is 5.41 Å². The molecule has 0 radical (unpaired) electrons. The molecule has 0 fully saturated rings. The maximum absolute atomic E-state index is 12.5. The molecule has 0 saturated heterocycles. The first-order valence-corrected chi connectivity index (χ1v) is 10.7. The number of aromatic nitrogens is 4. The molecule has 4 rings (SSSR count). The quantitative estimate of drug-likeness (QED) is 0.368. The van der Waals surface area contributed by atoms with Crippen molar-refractivity contribution in [3.63, 3.8) is 0 Å². The molecule has 3 heterocycles. The number of urea groups is 1. The average molecular weight is 459 g/mol. The Morgan fingerprint density at radius 2 is 1.76 bits per heavy atom. The van der Waals surface area contributed by atoms with E-state index in [2.05, 4.69) is 51.8 Å². The Morgan fingerprint density at radius 3 is 2.44 bits per heavy atom. The van der Waals surface area contributed by atoms with Crippen LogP contribution in [0.5, 0.6) is 0 Å². The molecule has 0 atom stereocenters. The fourth-order valence-electron chi connectivity index (χ4n) is 3.60. The summed E-state index contributed by atoms with van der Waals surface area (Å²) in [6, 6.07) is 10.4. The Bertz CT molecular complexity index is 1370. The zero-order valence-corrected chi connectivity index (χ0v) is 19.4. The molecule has 10 nitrogen and oxygen atoms in total. The molecule has 0 bridgehead atoms. The van der Waals surface area contributed by atoms with Gasteiger partial charge in [0, 0.05) is 30.7 Å². The van der Waals surface area contributed by atoms with E-state index >= 15 is 0 Å². The smallest absolute Gasteiger partial charge is 0.324 e. The number of nitrogens with zero attached hydrogens (tertiary/aromatic N) is 4. The molecule has 0 unspecified atom stereocenters. The number of amides is 3. The highest BCUT2D eigenvalue weighted by Crippen LogP contribution is 2.33. The van der Waals surface area contributed by atoms with Crippen molar-refractivity contribution in [1.82, 2.24) is 24.9 Å². The number of carbonyl (C=O) groups excluding carboxylic acids is 2. The van der Waals surface area contributed by atoms with E-state index in [1.165, 1.54) is 10.8 Å². The summed E-state index contributed by atoms with van der Waals surface area (Å²) in [7, 11) is 1.56.